The third kappa shape index (κ3) is 5.67. The Balaban J connectivity index is 2.65. The van der Waals surface area contributed by atoms with Crippen LogP contribution >= 0.6 is 0 Å². The van der Waals surface area contributed by atoms with E-state index in [1.165, 1.54) is 31.2 Å². The third-order valence-corrected chi connectivity index (χ3v) is 3.89. The number of hydrogen-bond donors (Lipinski definition) is 1. The summed E-state index contributed by atoms with van der Waals surface area (Å²) in [5.74, 6) is 1.81. The molecule has 0 bridgehead atoms. The molecule has 0 radical (unpaired) electrons. The molecule has 1 atom stereocenters. The molecule has 1 rings (SSSR count). The molecule has 0 spiro atoms. The molecule has 1 unspecified atom stereocenters. The SMILES string of the molecule is CCCCC(C)c1ccc(O)c(CCCC(C)C)c1. The molecule has 1 heteroatoms. The van der Waals surface area contributed by atoms with E-state index in [0.29, 0.717) is 11.7 Å². The van der Waals surface area contributed by atoms with Crippen molar-refractivity contribution in [1.82, 2.24) is 0 Å². The Bertz CT molecular complexity index is 368. The van der Waals surface area contributed by atoms with Gasteiger partial charge in [-0.3, -0.25) is 0 Å². The summed E-state index contributed by atoms with van der Waals surface area (Å²) in [6.45, 7) is 9.03. The molecule has 19 heavy (non-hydrogen) atoms. The number of phenols is 1. The van der Waals surface area contributed by atoms with Crippen molar-refractivity contribution < 1.29 is 5.11 Å². The van der Waals surface area contributed by atoms with Crippen LogP contribution in [0.3, 0.4) is 0 Å². The van der Waals surface area contributed by atoms with Gasteiger partial charge in [-0.25, -0.2) is 0 Å². The second kappa shape index (κ2) is 8.24. The lowest BCUT2D eigenvalue weighted by Crippen LogP contribution is -1.97. The number of unbranched alkanes of at least 4 members (excludes halogenated alkanes) is 1. The highest BCUT2D eigenvalue weighted by atomic mass is 16.3. The van der Waals surface area contributed by atoms with Crippen molar-refractivity contribution in [2.75, 3.05) is 0 Å². The van der Waals surface area contributed by atoms with Crippen LogP contribution < -0.4 is 0 Å². The van der Waals surface area contributed by atoms with Gasteiger partial charge in [0.25, 0.3) is 0 Å². The molecule has 108 valence electrons. The van der Waals surface area contributed by atoms with E-state index in [-0.39, 0.29) is 0 Å². The molecular weight excluding hydrogens is 232 g/mol. The molecule has 1 N–H and O–H groups in total. The molecule has 0 saturated carbocycles. The van der Waals surface area contributed by atoms with Gasteiger partial charge < -0.3 is 5.11 Å². The summed E-state index contributed by atoms with van der Waals surface area (Å²) in [5.41, 5.74) is 2.51. The summed E-state index contributed by atoms with van der Waals surface area (Å²) >= 11 is 0. The lowest BCUT2D eigenvalue weighted by Gasteiger charge is -2.14. The van der Waals surface area contributed by atoms with Crippen molar-refractivity contribution in [3.8, 4) is 5.75 Å². The predicted molar refractivity (Wildman–Crippen MR) is 83.8 cm³/mol. The smallest absolute Gasteiger partial charge is 0.118 e. The van der Waals surface area contributed by atoms with E-state index in [1.54, 1.807) is 0 Å². The summed E-state index contributed by atoms with van der Waals surface area (Å²) in [6.07, 6.45) is 7.17. The van der Waals surface area contributed by atoms with Gasteiger partial charge >= 0.3 is 0 Å². The van der Waals surface area contributed by atoms with Crippen molar-refractivity contribution in [2.45, 2.75) is 72.1 Å². The van der Waals surface area contributed by atoms with Crippen LogP contribution in [0.4, 0.5) is 0 Å². The predicted octanol–water partition coefficient (Wildman–Crippen LogP) is 5.66. The van der Waals surface area contributed by atoms with Crippen molar-refractivity contribution >= 4 is 0 Å². The van der Waals surface area contributed by atoms with Crippen LogP contribution in [0.25, 0.3) is 0 Å². The van der Waals surface area contributed by atoms with Crippen LogP contribution in [0.15, 0.2) is 18.2 Å². The van der Waals surface area contributed by atoms with E-state index in [1.807, 2.05) is 6.07 Å². The van der Waals surface area contributed by atoms with Gasteiger partial charge in [0.2, 0.25) is 0 Å². The van der Waals surface area contributed by atoms with Crippen molar-refractivity contribution in [3.63, 3.8) is 0 Å². The Kier molecular flexibility index (Phi) is 6.97. The monoisotopic (exact) mass is 262 g/mol. The van der Waals surface area contributed by atoms with Crippen LogP contribution in [-0.4, -0.2) is 5.11 Å². The molecule has 0 heterocycles. The number of rotatable bonds is 8. The molecule has 1 nitrogen and oxygen atoms in total. The fourth-order valence-electron chi connectivity index (χ4n) is 2.49. The highest BCUT2D eigenvalue weighted by Crippen LogP contribution is 2.27. The summed E-state index contributed by atoms with van der Waals surface area (Å²) in [6, 6.07) is 6.18. The number of hydrogen-bond acceptors (Lipinski definition) is 1. The van der Waals surface area contributed by atoms with Crippen LogP contribution in [-0.2, 0) is 6.42 Å². The lowest BCUT2D eigenvalue weighted by molar-refractivity contribution is 0.463. The van der Waals surface area contributed by atoms with E-state index in [4.69, 9.17) is 0 Å². The molecular formula is C18H30O. The Morgan fingerprint density at radius 3 is 2.42 bits per heavy atom. The molecule has 0 aliphatic carbocycles. The van der Waals surface area contributed by atoms with Gasteiger partial charge in [0.1, 0.15) is 5.75 Å². The first-order valence-corrected chi connectivity index (χ1v) is 7.86. The first-order valence-electron chi connectivity index (χ1n) is 7.86. The maximum absolute atomic E-state index is 9.96. The first-order chi connectivity index (χ1) is 9.04. The summed E-state index contributed by atoms with van der Waals surface area (Å²) in [7, 11) is 0. The van der Waals surface area contributed by atoms with Crippen molar-refractivity contribution in [3.05, 3.63) is 29.3 Å². The van der Waals surface area contributed by atoms with Gasteiger partial charge in [-0.2, -0.15) is 0 Å². The first kappa shape index (κ1) is 16.1. The highest BCUT2D eigenvalue weighted by Gasteiger charge is 2.09. The van der Waals surface area contributed by atoms with E-state index in [0.717, 1.165) is 24.3 Å². The van der Waals surface area contributed by atoms with Gasteiger partial charge in [0, 0.05) is 0 Å². The largest absolute Gasteiger partial charge is 0.508 e. The summed E-state index contributed by atoms with van der Waals surface area (Å²) in [5, 5.41) is 9.96. The highest BCUT2D eigenvalue weighted by molar-refractivity contribution is 5.37. The van der Waals surface area contributed by atoms with E-state index < -0.39 is 0 Å². The minimum absolute atomic E-state index is 0.468. The second-order valence-electron chi connectivity index (χ2n) is 6.22. The zero-order valence-corrected chi connectivity index (χ0v) is 13.1. The quantitative estimate of drug-likeness (QED) is 0.640. The van der Waals surface area contributed by atoms with Gasteiger partial charge in [0.05, 0.1) is 0 Å². The Labute approximate surface area is 119 Å². The van der Waals surface area contributed by atoms with Gasteiger partial charge in [-0.1, -0.05) is 59.1 Å². The maximum atomic E-state index is 9.96. The Morgan fingerprint density at radius 2 is 1.79 bits per heavy atom. The Hall–Kier alpha value is -0.980. The molecule has 1 aromatic carbocycles. The van der Waals surface area contributed by atoms with E-state index >= 15 is 0 Å². The van der Waals surface area contributed by atoms with Gasteiger partial charge in [-0.15, -0.1) is 0 Å². The zero-order chi connectivity index (χ0) is 14.3. The minimum atomic E-state index is 0.468. The standard InChI is InChI=1S/C18H30O/c1-5-6-9-15(4)16-11-12-18(19)17(13-16)10-7-8-14(2)3/h11-15,19H,5-10H2,1-4H3. The number of aromatic hydroxyl groups is 1. The number of phenolic OH excluding ortho intramolecular Hbond substituents is 1. The zero-order valence-electron chi connectivity index (χ0n) is 13.1. The average molecular weight is 262 g/mol. The molecule has 0 aromatic heterocycles. The van der Waals surface area contributed by atoms with E-state index in [9.17, 15) is 5.11 Å². The van der Waals surface area contributed by atoms with Crippen LogP contribution in [0, 0.1) is 5.92 Å². The normalized spacial score (nSPS) is 12.9. The molecule has 0 amide bonds. The van der Waals surface area contributed by atoms with Gasteiger partial charge in [-0.05, 0) is 48.3 Å². The van der Waals surface area contributed by atoms with Crippen molar-refractivity contribution in [1.29, 1.82) is 0 Å². The van der Waals surface area contributed by atoms with Crippen LogP contribution in [0.5, 0.6) is 5.75 Å². The molecule has 0 fully saturated rings. The maximum Gasteiger partial charge on any atom is 0.118 e. The topological polar surface area (TPSA) is 20.2 Å². The Morgan fingerprint density at radius 1 is 1.05 bits per heavy atom. The van der Waals surface area contributed by atoms with E-state index in [2.05, 4.69) is 39.8 Å². The number of aryl methyl sites for hydroxylation is 1. The molecule has 0 saturated heterocycles. The van der Waals surface area contributed by atoms with Crippen LogP contribution in [0.2, 0.25) is 0 Å². The average Bonchev–Trinajstić information content (AvgIpc) is 2.37. The fourth-order valence-corrected chi connectivity index (χ4v) is 2.49. The molecule has 0 aliphatic rings. The third-order valence-electron chi connectivity index (χ3n) is 3.89. The minimum Gasteiger partial charge on any atom is -0.508 e. The second-order valence-corrected chi connectivity index (χ2v) is 6.22. The number of benzene rings is 1. The lowest BCUT2D eigenvalue weighted by atomic mass is 9.92. The summed E-state index contributed by atoms with van der Waals surface area (Å²) < 4.78 is 0. The van der Waals surface area contributed by atoms with Crippen molar-refractivity contribution in [2.24, 2.45) is 5.92 Å². The van der Waals surface area contributed by atoms with Crippen LogP contribution in [0.1, 0.15) is 76.8 Å². The molecule has 0 aliphatic heterocycles. The molecule has 1 aromatic rings. The summed E-state index contributed by atoms with van der Waals surface area (Å²) in [4.78, 5) is 0. The van der Waals surface area contributed by atoms with Gasteiger partial charge in [0.15, 0.2) is 0 Å². The fraction of sp³-hybridized carbons (Fsp3) is 0.667.